The summed E-state index contributed by atoms with van der Waals surface area (Å²) in [7, 11) is 2.32. The van der Waals surface area contributed by atoms with E-state index in [1.54, 1.807) is 23.5 Å². The number of quaternary nitrogens is 1. The molecular formula is C29H30NO3S+. The van der Waals surface area contributed by atoms with Crippen molar-refractivity contribution in [3.05, 3.63) is 83.9 Å². The number of thiophene rings is 1. The third kappa shape index (κ3) is 4.72. The Kier molecular flexibility index (Phi) is 6.40. The van der Waals surface area contributed by atoms with Gasteiger partial charge in [-0.3, -0.25) is 4.79 Å². The molecule has 0 aliphatic carbocycles. The molecule has 5 heteroatoms. The van der Waals surface area contributed by atoms with Crippen molar-refractivity contribution in [3.8, 4) is 21.9 Å². The first-order valence-electron chi connectivity index (χ1n) is 11.9. The molecule has 1 saturated heterocycles. The van der Waals surface area contributed by atoms with Gasteiger partial charge < -0.3 is 14.3 Å². The summed E-state index contributed by atoms with van der Waals surface area (Å²) in [5.74, 6) is 1.01. The van der Waals surface area contributed by atoms with E-state index in [2.05, 4.69) is 7.05 Å². The Morgan fingerprint density at radius 2 is 1.65 bits per heavy atom. The summed E-state index contributed by atoms with van der Waals surface area (Å²) in [6.07, 6.45) is 3.95. The van der Waals surface area contributed by atoms with Crippen LogP contribution in [0.1, 0.15) is 35.2 Å². The number of fused-ring (bicyclic) bond motifs is 1. The van der Waals surface area contributed by atoms with E-state index in [-0.39, 0.29) is 11.5 Å². The van der Waals surface area contributed by atoms with Crippen LogP contribution in [0.5, 0.6) is 11.5 Å². The zero-order valence-corrected chi connectivity index (χ0v) is 20.3. The van der Waals surface area contributed by atoms with Crippen molar-refractivity contribution in [3.63, 3.8) is 0 Å². The van der Waals surface area contributed by atoms with Gasteiger partial charge in [-0.05, 0) is 79.4 Å². The molecule has 4 aromatic rings. The Labute approximate surface area is 204 Å². The standard InChI is InChI=1S/C29H29NO3S/c1-30(17-5-2-6-18-30)19-20-33-24-15-11-21(12-16-24)28(32)27-25-7-3-4-8-26(25)34-29(27)22-9-13-23(31)14-10-22/h3-4,7-16H,2,5-6,17-20H2,1H3/p+1. The van der Waals surface area contributed by atoms with Crippen molar-refractivity contribution in [2.75, 3.05) is 33.3 Å². The first kappa shape index (κ1) is 22.6. The molecule has 0 unspecified atom stereocenters. The fourth-order valence-corrected chi connectivity index (χ4v) is 6.02. The highest BCUT2D eigenvalue weighted by atomic mass is 32.1. The monoisotopic (exact) mass is 472 g/mol. The molecule has 1 N–H and O–H groups in total. The van der Waals surface area contributed by atoms with Crippen LogP contribution in [0.4, 0.5) is 0 Å². The molecule has 5 rings (SSSR count). The number of phenols is 1. The topological polar surface area (TPSA) is 46.5 Å². The van der Waals surface area contributed by atoms with Gasteiger partial charge in [-0.25, -0.2) is 0 Å². The molecule has 1 aromatic heterocycles. The zero-order valence-electron chi connectivity index (χ0n) is 19.5. The van der Waals surface area contributed by atoms with Crippen molar-refractivity contribution in [2.24, 2.45) is 0 Å². The molecule has 0 spiro atoms. The highest BCUT2D eigenvalue weighted by Gasteiger charge is 2.24. The maximum atomic E-state index is 13.7. The quantitative estimate of drug-likeness (QED) is 0.246. The number of benzene rings is 3. The number of piperidine rings is 1. The SMILES string of the molecule is C[N+]1(CCOc2ccc(C(=O)c3c(-c4ccc(O)cc4)sc4ccccc34)cc2)CCCCC1. The molecule has 0 atom stereocenters. The number of hydrogen-bond donors (Lipinski definition) is 1. The largest absolute Gasteiger partial charge is 0.508 e. The molecule has 1 aliphatic rings. The number of likely N-dealkylation sites (tertiary alicyclic amines) is 1. The Hall–Kier alpha value is -3.15. The number of carbonyl (C=O) groups excluding carboxylic acids is 1. The molecule has 4 nitrogen and oxygen atoms in total. The number of aromatic hydroxyl groups is 1. The highest BCUT2D eigenvalue weighted by Crippen LogP contribution is 2.40. The molecule has 0 saturated carbocycles. The number of phenolic OH excluding ortho intramolecular Hbond substituents is 1. The molecule has 174 valence electrons. The van der Waals surface area contributed by atoms with Gasteiger partial charge in [0, 0.05) is 26.1 Å². The fraction of sp³-hybridized carbons (Fsp3) is 0.276. The first-order chi connectivity index (χ1) is 16.5. The lowest BCUT2D eigenvalue weighted by atomic mass is 9.97. The summed E-state index contributed by atoms with van der Waals surface area (Å²) in [6.45, 7) is 4.16. The molecule has 3 aromatic carbocycles. The maximum Gasteiger partial charge on any atom is 0.195 e. The minimum Gasteiger partial charge on any atom is -0.508 e. The van der Waals surface area contributed by atoms with Gasteiger partial charge in [0.1, 0.15) is 24.7 Å². The Balaban J connectivity index is 1.36. The van der Waals surface area contributed by atoms with E-state index in [0.29, 0.717) is 17.7 Å². The van der Waals surface area contributed by atoms with Crippen LogP contribution in [-0.2, 0) is 0 Å². The average Bonchev–Trinajstić information content (AvgIpc) is 3.24. The third-order valence-electron chi connectivity index (χ3n) is 6.86. The second kappa shape index (κ2) is 9.61. The van der Waals surface area contributed by atoms with Crippen LogP contribution in [0.2, 0.25) is 0 Å². The predicted molar refractivity (Wildman–Crippen MR) is 139 cm³/mol. The van der Waals surface area contributed by atoms with Crippen LogP contribution in [0.25, 0.3) is 20.5 Å². The van der Waals surface area contributed by atoms with Crippen LogP contribution < -0.4 is 4.74 Å². The van der Waals surface area contributed by atoms with Crippen molar-refractivity contribution in [2.45, 2.75) is 19.3 Å². The molecule has 0 amide bonds. The first-order valence-corrected chi connectivity index (χ1v) is 12.8. The summed E-state index contributed by atoms with van der Waals surface area (Å²) in [6, 6.07) is 22.6. The summed E-state index contributed by atoms with van der Waals surface area (Å²) < 4.78 is 8.18. The Morgan fingerprint density at radius 3 is 2.38 bits per heavy atom. The van der Waals surface area contributed by atoms with E-state index in [1.807, 2.05) is 60.7 Å². The molecule has 0 radical (unpaired) electrons. The number of hydrogen-bond acceptors (Lipinski definition) is 4. The Bertz CT molecular complexity index is 1290. The van der Waals surface area contributed by atoms with Gasteiger partial charge in [0.05, 0.1) is 20.1 Å². The molecule has 0 bridgehead atoms. The summed E-state index contributed by atoms with van der Waals surface area (Å²) in [4.78, 5) is 14.6. The zero-order chi connectivity index (χ0) is 23.5. The minimum absolute atomic E-state index is 0.00143. The van der Waals surface area contributed by atoms with Gasteiger partial charge in [-0.2, -0.15) is 0 Å². The summed E-state index contributed by atoms with van der Waals surface area (Å²) in [5, 5.41) is 10.7. The van der Waals surface area contributed by atoms with Crippen LogP contribution in [-0.4, -0.2) is 48.7 Å². The number of rotatable bonds is 7. The van der Waals surface area contributed by atoms with Crippen LogP contribution in [0, 0.1) is 0 Å². The number of ether oxygens (including phenoxy) is 1. The minimum atomic E-state index is -0.00143. The van der Waals surface area contributed by atoms with Gasteiger partial charge in [-0.1, -0.05) is 18.2 Å². The van der Waals surface area contributed by atoms with Gasteiger partial charge in [0.2, 0.25) is 0 Å². The van der Waals surface area contributed by atoms with E-state index in [0.717, 1.165) is 37.3 Å². The molecule has 1 aliphatic heterocycles. The summed E-state index contributed by atoms with van der Waals surface area (Å²) in [5.41, 5.74) is 2.28. The lowest BCUT2D eigenvalue weighted by Gasteiger charge is -2.37. The van der Waals surface area contributed by atoms with Crippen molar-refractivity contribution < 1.29 is 19.1 Å². The molecule has 34 heavy (non-hydrogen) atoms. The Morgan fingerprint density at radius 1 is 0.941 bits per heavy atom. The van der Waals surface area contributed by atoms with E-state index >= 15 is 0 Å². The van der Waals surface area contributed by atoms with E-state index in [4.69, 9.17) is 4.74 Å². The summed E-state index contributed by atoms with van der Waals surface area (Å²) >= 11 is 1.60. The van der Waals surface area contributed by atoms with Gasteiger partial charge in [-0.15, -0.1) is 11.3 Å². The van der Waals surface area contributed by atoms with Crippen LogP contribution in [0.15, 0.2) is 72.8 Å². The number of likely N-dealkylation sites (N-methyl/N-ethyl adjacent to an activating group) is 1. The van der Waals surface area contributed by atoms with E-state index in [9.17, 15) is 9.90 Å². The van der Waals surface area contributed by atoms with Crippen molar-refractivity contribution in [1.29, 1.82) is 0 Å². The smallest absolute Gasteiger partial charge is 0.195 e. The third-order valence-corrected chi connectivity index (χ3v) is 8.08. The highest BCUT2D eigenvalue weighted by molar-refractivity contribution is 7.22. The van der Waals surface area contributed by atoms with Crippen LogP contribution >= 0.6 is 11.3 Å². The predicted octanol–water partition coefficient (Wildman–Crippen LogP) is 6.51. The normalized spacial score (nSPS) is 15.3. The maximum absolute atomic E-state index is 13.7. The van der Waals surface area contributed by atoms with E-state index < -0.39 is 0 Å². The number of ketones is 1. The van der Waals surface area contributed by atoms with Gasteiger partial charge >= 0.3 is 0 Å². The molecule has 2 heterocycles. The van der Waals surface area contributed by atoms with Gasteiger partial charge in [0.15, 0.2) is 5.78 Å². The molecule has 1 fully saturated rings. The second-order valence-corrected chi connectivity index (χ2v) is 10.5. The van der Waals surface area contributed by atoms with Gasteiger partial charge in [0.25, 0.3) is 0 Å². The number of carbonyl (C=O) groups is 1. The van der Waals surface area contributed by atoms with Crippen molar-refractivity contribution in [1.82, 2.24) is 0 Å². The van der Waals surface area contributed by atoms with Crippen LogP contribution in [0.3, 0.4) is 0 Å². The van der Waals surface area contributed by atoms with E-state index in [1.165, 1.54) is 32.4 Å². The van der Waals surface area contributed by atoms with Crippen molar-refractivity contribution >= 4 is 27.2 Å². The lowest BCUT2D eigenvalue weighted by molar-refractivity contribution is -0.914. The fourth-order valence-electron chi connectivity index (χ4n) is 4.82. The second-order valence-electron chi connectivity index (χ2n) is 9.40. The average molecular weight is 473 g/mol. The lowest BCUT2D eigenvalue weighted by Crippen LogP contribution is -2.50. The number of nitrogens with zero attached hydrogens (tertiary/aromatic N) is 1. The molecular weight excluding hydrogens is 442 g/mol.